The zero-order chi connectivity index (χ0) is 7.56. The van der Waals surface area contributed by atoms with Crippen molar-refractivity contribution >= 4 is 11.6 Å². The minimum Gasteiger partial charge on any atom is -0.257 e. The first-order chi connectivity index (χ1) is 4.72. The van der Waals surface area contributed by atoms with E-state index in [-0.39, 0.29) is 0 Å². The molecule has 0 aromatic carbocycles. The van der Waals surface area contributed by atoms with Crippen molar-refractivity contribution in [1.82, 2.24) is 4.98 Å². The lowest BCUT2D eigenvalue weighted by atomic mass is 10.2. The van der Waals surface area contributed by atoms with Crippen molar-refractivity contribution in [2.75, 3.05) is 0 Å². The molecule has 0 N–H and O–H groups in total. The van der Waals surface area contributed by atoms with Gasteiger partial charge in [-0.05, 0) is 31.5 Å². The minimum absolute atomic E-state index is 0.503. The maximum Gasteiger partial charge on any atom is 0.0647 e. The first kappa shape index (κ1) is 7.55. The van der Waals surface area contributed by atoms with Gasteiger partial charge in [-0.3, -0.25) is 4.98 Å². The molecule has 0 aliphatic carbocycles. The largest absolute Gasteiger partial charge is 0.257 e. The lowest BCUT2D eigenvalue weighted by Gasteiger charge is -1.98. The first-order valence-electron chi connectivity index (χ1n) is 3.22. The van der Waals surface area contributed by atoms with Crippen LogP contribution in [0.5, 0.6) is 0 Å². The Morgan fingerprint density at radius 3 is 2.60 bits per heavy atom. The smallest absolute Gasteiger partial charge is 0.0647 e. The maximum absolute atomic E-state index is 5.61. The van der Waals surface area contributed by atoms with Crippen LogP contribution in [-0.4, -0.2) is 4.98 Å². The van der Waals surface area contributed by atoms with Crippen molar-refractivity contribution in [1.29, 1.82) is 0 Å². The molecule has 0 aliphatic rings. The van der Waals surface area contributed by atoms with Gasteiger partial charge in [-0.1, -0.05) is 0 Å². The summed E-state index contributed by atoms with van der Waals surface area (Å²) in [6, 6.07) is 4.04. The van der Waals surface area contributed by atoms with E-state index in [1.54, 1.807) is 0 Å². The third-order valence-corrected chi connectivity index (χ3v) is 1.56. The van der Waals surface area contributed by atoms with Crippen molar-refractivity contribution in [2.45, 2.75) is 19.7 Å². The van der Waals surface area contributed by atoms with Gasteiger partial charge in [-0.2, -0.15) is 0 Å². The van der Waals surface area contributed by atoms with Gasteiger partial charge in [-0.15, -0.1) is 11.6 Å². The van der Waals surface area contributed by atoms with E-state index in [0.717, 1.165) is 11.4 Å². The molecular weight excluding hydrogens is 146 g/mol. The van der Waals surface area contributed by atoms with Crippen LogP contribution >= 0.6 is 11.6 Å². The highest BCUT2D eigenvalue weighted by molar-refractivity contribution is 6.16. The summed E-state index contributed by atoms with van der Waals surface area (Å²) in [5.41, 5.74) is 3.22. The van der Waals surface area contributed by atoms with Crippen molar-refractivity contribution < 1.29 is 0 Å². The molecule has 0 atom stereocenters. The second kappa shape index (κ2) is 3.02. The Labute approximate surface area is 66.0 Å². The number of pyridine rings is 1. The molecule has 1 aromatic rings. The molecule has 0 saturated carbocycles. The summed E-state index contributed by atoms with van der Waals surface area (Å²) < 4.78 is 0. The van der Waals surface area contributed by atoms with E-state index in [1.807, 2.05) is 26.0 Å². The van der Waals surface area contributed by atoms with E-state index in [0.29, 0.717) is 5.88 Å². The lowest BCUT2D eigenvalue weighted by molar-refractivity contribution is 1.09. The quantitative estimate of drug-likeness (QED) is 0.568. The summed E-state index contributed by atoms with van der Waals surface area (Å²) in [5.74, 6) is 0.503. The van der Waals surface area contributed by atoms with E-state index in [1.165, 1.54) is 5.56 Å². The van der Waals surface area contributed by atoms with Gasteiger partial charge in [0.05, 0.1) is 11.6 Å². The highest BCUT2D eigenvalue weighted by Crippen LogP contribution is 2.05. The Morgan fingerprint density at radius 2 is 2.10 bits per heavy atom. The number of rotatable bonds is 1. The number of hydrogen-bond acceptors (Lipinski definition) is 1. The molecule has 54 valence electrons. The molecule has 0 unspecified atom stereocenters. The number of hydrogen-bond donors (Lipinski definition) is 0. The van der Waals surface area contributed by atoms with Crippen LogP contribution in [0.3, 0.4) is 0 Å². The summed E-state index contributed by atoms with van der Waals surface area (Å²) in [5, 5.41) is 0. The van der Waals surface area contributed by atoms with E-state index in [9.17, 15) is 0 Å². The Balaban J connectivity index is 3.06. The second-order valence-corrected chi connectivity index (χ2v) is 2.68. The van der Waals surface area contributed by atoms with Gasteiger partial charge in [0.25, 0.3) is 0 Å². The fourth-order valence-corrected chi connectivity index (χ4v) is 1.13. The summed E-state index contributed by atoms with van der Waals surface area (Å²) in [4.78, 5) is 4.22. The van der Waals surface area contributed by atoms with Crippen LogP contribution in [0.4, 0.5) is 0 Å². The lowest BCUT2D eigenvalue weighted by Crippen LogP contribution is -1.89. The summed E-state index contributed by atoms with van der Waals surface area (Å²) in [6.45, 7) is 4.02. The van der Waals surface area contributed by atoms with Gasteiger partial charge in [0, 0.05) is 5.69 Å². The molecule has 0 aliphatic heterocycles. The molecule has 1 aromatic heterocycles. The molecule has 2 heteroatoms. The molecule has 10 heavy (non-hydrogen) atoms. The number of halogens is 1. The Hall–Kier alpha value is -0.560. The standard InChI is InChI=1S/C8H10ClN/c1-6-3-7(2)10-8(4-6)5-9/h3-4H,5H2,1-2H3. The fraction of sp³-hybridized carbons (Fsp3) is 0.375. The Bertz CT molecular complexity index is 212. The van der Waals surface area contributed by atoms with Crippen molar-refractivity contribution in [3.63, 3.8) is 0 Å². The molecule has 0 saturated heterocycles. The summed E-state index contributed by atoms with van der Waals surface area (Å²) >= 11 is 5.61. The van der Waals surface area contributed by atoms with Crippen LogP contribution in [0.25, 0.3) is 0 Å². The zero-order valence-corrected chi connectivity index (χ0v) is 6.94. The van der Waals surface area contributed by atoms with Crippen LogP contribution in [0.15, 0.2) is 12.1 Å². The van der Waals surface area contributed by atoms with Gasteiger partial charge in [0.15, 0.2) is 0 Å². The predicted molar refractivity (Wildman–Crippen MR) is 43.3 cm³/mol. The average molecular weight is 156 g/mol. The summed E-state index contributed by atoms with van der Waals surface area (Å²) in [7, 11) is 0. The SMILES string of the molecule is Cc1cc(C)nc(CCl)c1. The number of aromatic nitrogens is 1. The molecule has 1 heterocycles. The minimum atomic E-state index is 0.503. The molecule has 1 nitrogen and oxygen atoms in total. The highest BCUT2D eigenvalue weighted by Gasteiger charge is 1.93. The van der Waals surface area contributed by atoms with Crippen molar-refractivity contribution in [3.05, 3.63) is 29.1 Å². The van der Waals surface area contributed by atoms with Crippen LogP contribution in [-0.2, 0) is 5.88 Å². The van der Waals surface area contributed by atoms with E-state index in [2.05, 4.69) is 4.98 Å². The Morgan fingerprint density at radius 1 is 1.40 bits per heavy atom. The molecule has 0 bridgehead atoms. The third kappa shape index (κ3) is 1.71. The van der Waals surface area contributed by atoms with Gasteiger partial charge in [-0.25, -0.2) is 0 Å². The van der Waals surface area contributed by atoms with E-state index in [4.69, 9.17) is 11.6 Å². The van der Waals surface area contributed by atoms with Gasteiger partial charge in [0.1, 0.15) is 0 Å². The second-order valence-electron chi connectivity index (χ2n) is 2.41. The molecule has 1 rings (SSSR count). The van der Waals surface area contributed by atoms with Gasteiger partial charge < -0.3 is 0 Å². The monoisotopic (exact) mass is 155 g/mol. The van der Waals surface area contributed by atoms with Gasteiger partial charge in [0.2, 0.25) is 0 Å². The molecule has 0 amide bonds. The number of nitrogens with zero attached hydrogens (tertiary/aromatic N) is 1. The zero-order valence-electron chi connectivity index (χ0n) is 6.19. The third-order valence-electron chi connectivity index (χ3n) is 1.29. The maximum atomic E-state index is 5.61. The van der Waals surface area contributed by atoms with Crippen LogP contribution < -0.4 is 0 Å². The predicted octanol–water partition coefficient (Wildman–Crippen LogP) is 2.44. The average Bonchev–Trinajstić information content (AvgIpc) is 1.85. The topological polar surface area (TPSA) is 12.9 Å². The number of aryl methyl sites for hydroxylation is 2. The molecule has 0 spiro atoms. The van der Waals surface area contributed by atoms with Crippen molar-refractivity contribution in [3.8, 4) is 0 Å². The van der Waals surface area contributed by atoms with Crippen LogP contribution in [0.2, 0.25) is 0 Å². The van der Waals surface area contributed by atoms with E-state index >= 15 is 0 Å². The molecule has 0 fully saturated rings. The first-order valence-corrected chi connectivity index (χ1v) is 3.76. The normalized spacial score (nSPS) is 9.90. The summed E-state index contributed by atoms with van der Waals surface area (Å²) in [6.07, 6.45) is 0. The Kier molecular flexibility index (Phi) is 2.28. The molecular formula is C8H10ClN. The van der Waals surface area contributed by atoms with E-state index < -0.39 is 0 Å². The van der Waals surface area contributed by atoms with Crippen LogP contribution in [0.1, 0.15) is 17.0 Å². The van der Waals surface area contributed by atoms with Gasteiger partial charge >= 0.3 is 0 Å². The number of alkyl halides is 1. The molecule has 0 radical (unpaired) electrons. The highest BCUT2D eigenvalue weighted by atomic mass is 35.5. The van der Waals surface area contributed by atoms with Crippen LogP contribution in [0, 0.1) is 13.8 Å². The fourth-order valence-electron chi connectivity index (χ4n) is 0.993. The van der Waals surface area contributed by atoms with Crippen molar-refractivity contribution in [2.24, 2.45) is 0 Å².